The fourth-order valence-electron chi connectivity index (χ4n) is 3.35. The summed E-state index contributed by atoms with van der Waals surface area (Å²) in [6, 6.07) is 8.43. The number of hydrogen-bond acceptors (Lipinski definition) is 2. The van der Waals surface area contributed by atoms with Crippen molar-refractivity contribution < 1.29 is 4.79 Å². The van der Waals surface area contributed by atoms with Gasteiger partial charge in [-0.3, -0.25) is 9.79 Å². The van der Waals surface area contributed by atoms with E-state index in [2.05, 4.69) is 53.7 Å². The molecular weight excluding hydrogens is 451 g/mol. The standard InChI is InChI=1S/C21H34N4O.HI/c1-4-17(5-2)15-24-21(22-3)23-13-8-11-20(26)25-14-12-18-9-6-7-10-19(18)16-25;/h6-7,9-10,17H,4-5,8,11-16H2,1-3H3,(H2,22,23,24);1H. The molecule has 0 aliphatic carbocycles. The first-order chi connectivity index (χ1) is 12.7. The Morgan fingerprint density at radius 3 is 2.56 bits per heavy atom. The zero-order valence-electron chi connectivity index (χ0n) is 17.0. The Kier molecular flexibility index (Phi) is 11.4. The monoisotopic (exact) mass is 486 g/mol. The third-order valence-corrected chi connectivity index (χ3v) is 5.28. The predicted molar refractivity (Wildman–Crippen MR) is 124 cm³/mol. The van der Waals surface area contributed by atoms with E-state index in [4.69, 9.17) is 0 Å². The highest BCUT2D eigenvalue weighted by molar-refractivity contribution is 14.0. The number of hydrogen-bond donors (Lipinski definition) is 2. The molecule has 0 spiro atoms. The largest absolute Gasteiger partial charge is 0.356 e. The minimum atomic E-state index is 0. The molecule has 5 nitrogen and oxygen atoms in total. The summed E-state index contributed by atoms with van der Waals surface area (Å²) in [5.74, 6) is 1.76. The number of guanidine groups is 1. The van der Waals surface area contributed by atoms with Gasteiger partial charge in [0.15, 0.2) is 5.96 Å². The Balaban J connectivity index is 0.00000364. The lowest BCUT2D eigenvalue weighted by molar-refractivity contribution is -0.132. The maximum atomic E-state index is 12.5. The van der Waals surface area contributed by atoms with Gasteiger partial charge in [0.2, 0.25) is 5.91 Å². The zero-order chi connectivity index (χ0) is 18.8. The van der Waals surface area contributed by atoms with E-state index in [0.717, 1.165) is 45.0 Å². The van der Waals surface area contributed by atoms with Crippen molar-refractivity contribution in [3.63, 3.8) is 0 Å². The molecule has 1 aromatic carbocycles. The lowest BCUT2D eigenvalue weighted by Crippen LogP contribution is -2.40. The number of fused-ring (bicyclic) bond motifs is 1. The van der Waals surface area contributed by atoms with Crippen LogP contribution in [0, 0.1) is 5.92 Å². The summed E-state index contributed by atoms with van der Waals surface area (Å²) >= 11 is 0. The van der Waals surface area contributed by atoms with E-state index in [9.17, 15) is 4.79 Å². The molecule has 27 heavy (non-hydrogen) atoms. The van der Waals surface area contributed by atoms with Crippen molar-refractivity contribution in [1.82, 2.24) is 15.5 Å². The fraction of sp³-hybridized carbons (Fsp3) is 0.619. The van der Waals surface area contributed by atoms with Crippen LogP contribution in [0.5, 0.6) is 0 Å². The van der Waals surface area contributed by atoms with E-state index in [1.807, 2.05) is 4.90 Å². The SMILES string of the molecule is CCC(CC)CNC(=NC)NCCCC(=O)N1CCc2ccccc2C1.I. The van der Waals surface area contributed by atoms with E-state index in [1.165, 1.54) is 24.0 Å². The van der Waals surface area contributed by atoms with Crippen molar-refractivity contribution in [2.24, 2.45) is 10.9 Å². The van der Waals surface area contributed by atoms with E-state index in [-0.39, 0.29) is 29.9 Å². The maximum absolute atomic E-state index is 12.5. The maximum Gasteiger partial charge on any atom is 0.222 e. The van der Waals surface area contributed by atoms with E-state index in [0.29, 0.717) is 12.3 Å². The molecule has 0 saturated heterocycles. The summed E-state index contributed by atoms with van der Waals surface area (Å²) in [6.45, 7) is 7.73. The van der Waals surface area contributed by atoms with Crippen molar-refractivity contribution >= 4 is 35.8 Å². The lowest BCUT2D eigenvalue weighted by Gasteiger charge is -2.29. The van der Waals surface area contributed by atoms with Crippen molar-refractivity contribution in [3.05, 3.63) is 35.4 Å². The first-order valence-corrected chi connectivity index (χ1v) is 9.97. The number of rotatable bonds is 8. The van der Waals surface area contributed by atoms with Crippen LogP contribution in [0.2, 0.25) is 0 Å². The first-order valence-electron chi connectivity index (χ1n) is 9.97. The molecule has 1 aliphatic heterocycles. The molecule has 0 saturated carbocycles. The summed E-state index contributed by atoms with van der Waals surface area (Å²) in [7, 11) is 1.79. The van der Waals surface area contributed by atoms with Gasteiger partial charge in [-0.1, -0.05) is 51.0 Å². The zero-order valence-corrected chi connectivity index (χ0v) is 19.3. The molecule has 2 rings (SSSR count). The average molecular weight is 486 g/mol. The Labute approximate surface area is 181 Å². The number of amides is 1. The van der Waals surface area contributed by atoms with Gasteiger partial charge in [0.05, 0.1) is 0 Å². The highest BCUT2D eigenvalue weighted by Gasteiger charge is 2.19. The number of nitrogens with zero attached hydrogens (tertiary/aromatic N) is 2. The summed E-state index contributed by atoms with van der Waals surface area (Å²) in [6.07, 6.45) is 4.72. The van der Waals surface area contributed by atoms with E-state index in [1.54, 1.807) is 7.05 Å². The highest BCUT2D eigenvalue weighted by atomic mass is 127. The average Bonchev–Trinajstić information content (AvgIpc) is 2.69. The van der Waals surface area contributed by atoms with Crippen LogP contribution >= 0.6 is 24.0 Å². The van der Waals surface area contributed by atoms with Gasteiger partial charge in [-0.2, -0.15) is 0 Å². The van der Waals surface area contributed by atoms with Gasteiger partial charge >= 0.3 is 0 Å². The third-order valence-electron chi connectivity index (χ3n) is 5.28. The fourth-order valence-corrected chi connectivity index (χ4v) is 3.35. The molecule has 0 atom stereocenters. The summed E-state index contributed by atoms with van der Waals surface area (Å²) in [5, 5.41) is 6.69. The quantitative estimate of drug-likeness (QED) is 0.256. The number of benzene rings is 1. The van der Waals surface area contributed by atoms with E-state index < -0.39 is 0 Å². The second kappa shape index (κ2) is 13.0. The van der Waals surface area contributed by atoms with Gasteiger partial charge in [0.1, 0.15) is 0 Å². The molecular formula is C21H35IN4O. The van der Waals surface area contributed by atoms with Gasteiger partial charge in [0, 0.05) is 39.6 Å². The molecule has 6 heteroatoms. The minimum Gasteiger partial charge on any atom is -0.356 e. The van der Waals surface area contributed by atoms with Crippen LogP contribution in [0.25, 0.3) is 0 Å². The first kappa shape index (κ1) is 23.7. The van der Waals surface area contributed by atoms with Crippen molar-refractivity contribution in [1.29, 1.82) is 0 Å². The molecule has 2 N–H and O–H groups in total. The third kappa shape index (κ3) is 7.68. The van der Waals surface area contributed by atoms with Gasteiger partial charge in [0.25, 0.3) is 0 Å². The normalized spacial score (nSPS) is 13.8. The Morgan fingerprint density at radius 2 is 1.89 bits per heavy atom. The summed E-state index contributed by atoms with van der Waals surface area (Å²) in [4.78, 5) is 18.7. The molecule has 1 amide bonds. The molecule has 0 fully saturated rings. The number of aliphatic imine (C=N–C) groups is 1. The van der Waals surface area contributed by atoms with Crippen molar-refractivity contribution in [2.45, 2.75) is 52.5 Å². The Bertz CT molecular complexity index is 602. The van der Waals surface area contributed by atoms with Crippen LogP contribution < -0.4 is 10.6 Å². The minimum absolute atomic E-state index is 0. The molecule has 1 aromatic rings. The van der Waals surface area contributed by atoms with Crippen LogP contribution in [-0.4, -0.2) is 43.4 Å². The molecule has 152 valence electrons. The van der Waals surface area contributed by atoms with Crippen LogP contribution in [0.3, 0.4) is 0 Å². The molecule has 0 aromatic heterocycles. The molecule has 0 radical (unpaired) electrons. The van der Waals surface area contributed by atoms with Gasteiger partial charge in [-0.05, 0) is 29.9 Å². The van der Waals surface area contributed by atoms with Crippen LogP contribution in [0.4, 0.5) is 0 Å². The number of halogens is 1. The van der Waals surface area contributed by atoms with Gasteiger partial charge in [-0.15, -0.1) is 24.0 Å². The summed E-state index contributed by atoms with van der Waals surface area (Å²) < 4.78 is 0. The highest BCUT2D eigenvalue weighted by Crippen LogP contribution is 2.19. The Morgan fingerprint density at radius 1 is 1.19 bits per heavy atom. The second-order valence-electron chi connectivity index (χ2n) is 7.00. The van der Waals surface area contributed by atoms with Crippen LogP contribution in [-0.2, 0) is 17.8 Å². The van der Waals surface area contributed by atoms with Crippen molar-refractivity contribution in [3.8, 4) is 0 Å². The second-order valence-corrected chi connectivity index (χ2v) is 7.00. The number of nitrogens with one attached hydrogen (secondary N) is 2. The molecule has 1 heterocycles. The van der Waals surface area contributed by atoms with Gasteiger partial charge < -0.3 is 15.5 Å². The van der Waals surface area contributed by atoms with Crippen LogP contribution in [0.1, 0.15) is 50.7 Å². The summed E-state index contributed by atoms with van der Waals surface area (Å²) in [5.41, 5.74) is 2.67. The topological polar surface area (TPSA) is 56.7 Å². The Hall–Kier alpha value is -1.31. The lowest BCUT2D eigenvalue weighted by atomic mass is 9.99. The van der Waals surface area contributed by atoms with Crippen LogP contribution in [0.15, 0.2) is 29.3 Å². The molecule has 0 unspecified atom stereocenters. The predicted octanol–water partition coefficient (Wildman–Crippen LogP) is 3.57. The molecule has 0 bridgehead atoms. The molecule has 1 aliphatic rings. The van der Waals surface area contributed by atoms with E-state index >= 15 is 0 Å². The number of carbonyl (C=O) groups excluding carboxylic acids is 1. The van der Waals surface area contributed by atoms with Gasteiger partial charge in [-0.25, -0.2) is 0 Å². The smallest absolute Gasteiger partial charge is 0.222 e. The van der Waals surface area contributed by atoms with Crippen molar-refractivity contribution in [2.75, 3.05) is 26.7 Å². The number of carbonyl (C=O) groups is 1.